The lowest BCUT2D eigenvalue weighted by Gasteiger charge is -2.27. The molecule has 2 aromatic carbocycles. The van der Waals surface area contributed by atoms with Crippen LogP contribution in [0.1, 0.15) is 26.3 Å². The van der Waals surface area contributed by atoms with Crippen LogP contribution in [0.15, 0.2) is 59.7 Å². The first-order valence-electron chi connectivity index (χ1n) is 8.82. The van der Waals surface area contributed by atoms with Gasteiger partial charge in [-0.15, -0.1) is 0 Å². The summed E-state index contributed by atoms with van der Waals surface area (Å²) in [6, 6.07) is 14.7. The molecule has 0 aromatic heterocycles. The zero-order valence-corrected chi connectivity index (χ0v) is 17.2. The molecule has 150 valence electrons. The summed E-state index contributed by atoms with van der Waals surface area (Å²) in [6.07, 6.45) is 2.63. The molecule has 0 unspecified atom stereocenters. The number of ether oxygens (including phenoxy) is 1. The van der Waals surface area contributed by atoms with Crippen LogP contribution in [0, 0.1) is 0 Å². The molecule has 2 aromatic rings. The van der Waals surface area contributed by atoms with E-state index in [4.69, 9.17) is 4.74 Å². The van der Waals surface area contributed by atoms with Crippen molar-refractivity contribution in [1.29, 1.82) is 0 Å². The van der Waals surface area contributed by atoms with Crippen molar-refractivity contribution in [2.45, 2.75) is 32.9 Å². The van der Waals surface area contributed by atoms with Crippen molar-refractivity contribution in [3.05, 3.63) is 60.2 Å². The van der Waals surface area contributed by atoms with Crippen molar-refractivity contribution >= 4 is 27.8 Å². The number of carbonyl (C=O) groups is 1. The Balaban J connectivity index is 2.05. The minimum absolute atomic E-state index is 0.0858. The topological polar surface area (TPSA) is 88.1 Å². The second-order valence-electron chi connectivity index (χ2n) is 6.54. The van der Waals surface area contributed by atoms with E-state index in [1.807, 2.05) is 38.1 Å². The first-order chi connectivity index (χ1) is 13.2. The molecule has 7 nitrogen and oxygen atoms in total. The van der Waals surface area contributed by atoms with E-state index < -0.39 is 22.0 Å². The maximum atomic E-state index is 12.4. The third-order valence-electron chi connectivity index (χ3n) is 3.74. The van der Waals surface area contributed by atoms with Crippen molar-refractivity contribution in [3.8, 4) is 5.75 Å². The quantitative estimate of drug-likeness (QED) is 0.542. The largest absolute Gasteiger partial charge is 0.491 e. The number of carbonyl (C=O) groups excluding carboxylic acids is 1. The molecule has 0 radical (unpaired) electrons. The van der Waals surface area contributed by atoms with Crippen molar-refractivity contribution in [2.24, 2.45) is 5.10 Å². The molecule has 1 amide bonds. The average molecular weight is 404 g/mol. The number of benzene rings is 2. The van der Waals surface area contributed by atoms with E-state index in [1.165, 1.54) is 13.1 Å². The van der Waals surface area contributed by atoms with E-state index in [9.17, 15) is 13.2 Å². The first-order valence-corrected chi connectivity index (χ1v) is 10.7. The normalized spacial score (nSPS) is 12.8. The average Bonchev–Trinajstić information content (AvgIpc) is 2.62. The molecule has 0 saturated heterocycles. The molecular formula is C20H25N3O4S. The molecule has 0 heterocycles. The molecule has 0 aliphatic carbocycles. The van der Waals surface area contributed by atoms with E-state index in [0.717, 1.165) is 21.9 Å². The fourth-order valence-corrected chi connectivity index (χ4v) is 3.73. The van der Waals surface area contributed by atoms with Gasteiger partial charge < -0.3 is 4.74 Å². The van der Waals surface area contributed by atoms with Gasteiger partial charge in [-0.1, -0.05) is 18.2 Å². The Hall–Kier alpha value is -2.87. The highest BCUT2D eigenvalue weighted by atomic mass is 32.2. The van der Waals surface area contributed by atoms with Gasteiger partial charge in [-0.3, -0.25) is 9.10 Å². The number of nitrogens with zero attached hydrogens (tertiary/aromatic N) is 2. The van der Waals surface area contributed by atoms with Crippen molar-refractivity contribution < 1.29 is 17.9 Å². The van der Waals surface area contributed by atoms with Crippen LogP contribution in [0.3, 0.4) is 0 Å². The lowest BCUT2D eigenvalue weighted by atomic mass is 10.2. The number of anilines is 1. The van der Waals surface area contributed by atoms with Gasteiger partial charge >= 0.3 is 0 Å². The Kier molecular flexibility index (Phi) is 7.17. The smallest absolute Gasteiger partial charge is 0.263 e. The number of amides is 1. The van der Waals surface area contributed by atoms with Crippen molar-refractivity contribution in [1.82, 2.24) is 5.43 Å². The SMILES string of the molecule is CC(C)Oc1ccc(/C=N\NC(=O)[C@H](C)N(c2ccccc2)S(C)(=O)=O)cc1. The lowest BCUT2D eigenvalue weighted by Crippen LogP contribution is -2.46. The van der Waals surface area contributed by atoms with Crippen molar-refractivity contribution in [2.75, 3.05) is 10.6 Å². The summed E-state index contributed by atoms with van der Waals surface area (Å²) >= 11 is 0. The second kappa shape index (κ2) is 9.36. The summed E-state index contributed by atoms with van der Waals surface area (Å²) in [5, 5.41) is 3.92. The molecule has 0 aliphatic rings. The van der Waals surface area contributed by atoms with Crippen LogP contribution in [0.25, 0.3) is 0 Å². The highest BCUT2D eigenvalue weighted by molar-refractivity contribution is 7.92. The zero-order valence-electron chi connectivity index (χ0n) is 16.4. The van der Waals surface area contributed by atoms with Gasteiger partial charge in [0.2, 0.25) is 10.0 Å². The molecular weight excluding hydrogens is 378 g/mol. The molecule has 0 fully saturated rings. The van der Waals surface area contributed by atoms with Crippen LogP contribution in [0.5, 0.6) is 5.75 Å². The number of sulfonamides is 1. The van der Waals surface area contributed by atoms with E-state index in [1.54, 1.807) is 30.3 Å². The van der Waals surface area contributed by atoms with Gasteiger partial charge in [0.05, 0.1) is 24.3 Å². The Morgan fingerprint density at radius 1 is 1.07 bits per heavy atom. The molecule has 1 N–H and O–H groups in total. The number of para-hydroxylation sites is 1. The summed E-state index contributed by atoms with van der Waals surface area (Å²) in [6.45, 7) is 5.40. The summed E-state index contributed by atoms with van der Waals surface area (Å²) < 4.78 is 31.0. The molecule has 8 heteroatoms. The second-order valence-corrected chi connectivity index (χ2v) is 8.40. The maximum Gasteiger partial charge on any atom is 0.263 e. The molecule has 28 heavy (non-hydrogen) atoms. The molecule has 0 saturated carbocycles. The monoisotopic (exact) mass is 403 g/mol. The molecule has 0 aliphatic heterocycles. The summed E-state index contributed by atoms with van der Waals surface area (Å²) in [7, 11) is -3.65. The number of hydrogen-bond donors (Lipinski definition) is 1. The Labute approximate surface area is 166 Å². The third kappa shape index (κ3) is 6.09. The van der Waals surface area contributed by atoms with Gasteiger partial charge in [0.15, 0.2) is 0 Å². The van der Waals surface area contributed by atoms with E-state index in [-0.39, 0.29) is 6.10 Å². The van der Waals surface area contributed by atoms with Gasteiger partial charge in [0.1, 0.15) is 11.8 Å². The van der Waals surface area contributed by atoms with Crippen LogP contribution < -0.4 is 14.5 Å². The van der Waals surface area contributed by atoms with Crippen LogP contribution >= 0.6 is 0 Å². The van der Waals surface area contributed by atoms with E-state index in [0.29, 0.717) is 5.69 Å². The molecule has 0 bridgehead atoms. The van der Waals surface area contributed by atoms with Gasteiger partial charge in [-0.05, 0) is 62.7 Å². The minimum Gasteiger partial charge on any atom is -0.491 e. The highest BCUT2D eigenvalue weighted by Crippen LogP contribution is 2.20. The van der Waals surface area contributed by atoms with E-state index in [2.05, 4.69) is 10.5 Å². The zero-order chi connectivity index (χ0) is 20.7. The number of nitrogens with one attached hydrogen (secondary N) is 1. The summed E-state index contributed by atoms with van der Waals surface area (Å²) in [5.41, 5.74) is 3.58. The Morgan fingerprint density at radius 2 is 1.68 bits per heavy atom. The first kappa shape index (κ1) is 21.4. The highest BCUT2D eigenvalue weighted by Gasteiger charge is 2.28. The maximum absolute atomic E-state index is 12.4. The molecule has 0 spiro atoms. The number of hydrazone groups is 1. The van der Waals surface area contributed by atoms with Crippen molar-refractivity contribution in [3.63, 3.8) is 0 Å². The van der Waals surface area contributed by atoms with Crippen LogP contribution in [0.2, 0.25) is 0 Å². The lowest BCUT2D eigenvalue weighted by molar-refractivity contribution is -0.121. The van der Waals surface area contributed by atoms with Gasteiger partial charge in [-0.25, -0.2) is 13.8 Å². The molecule has 2 rings (SSSR count). The standard InChI is InChI=1S/C20H25N3O4S/c1-15(2)27-19-12-10-17(11-13-19)14-21-22-20(24)16(3)23(28(4,25)26)18-8-6-5-7-9-18/h5-16H,1-4H3,(H,22,24)/b21-14-/t16-/m0/s1. The Morgan fingerprint density at radius 3 is 2.21 bits per heavy atom. The fraction of sp³-hybridized carbons (Fsp3) is 0.300. The molecule has 1 atom stereocenters. The van der Waals surface area contributed by atoms with Crippen LogP contribution in [-0.2, 0) is 14.8 Å². The van der Waals surface area contributed by atoms with Gasteiger partial charge in [0.25, 0.3) is 5.91 Å². The fourth-order valence-electron chi connectivity index (χ4n) is 2.55. The third-order valence-corrected chi connectivity index (χ3v) is 4.98. The number of hydrogen-bond acceptors (Lipinski definition) is 5. The minimum atomic E-state index is -3.65. The van der Waals surface area contributed by atoms with Gasteiger partial charge in [-0.2, -0.15) is 5.10 Å². The van der Waals surface area contributed by atoms with E-state index >= 15 is 0 Å². The number of rotatable bonds is 8. The predicted octanol–water partition coefficient (Wildman–Crippen LogP) is 2.78. The van der Waals surface area contributed by atoms with Crippen LogP contribution in [-0.4, -0.2) is 38.9 Å². The summed E-state index contributed by atoms with van der Waals surface area (Å²) in [4.78, 5) is 12.4. The Bertz CT molecular complexity index is 910. The summed E-state index contributed by atoms with van der Waals surface area (Å²) in [5.74, 6) is 0.210. The van der Waals surface area contributed by atoms with Gasteiger partial charge in [0, 0.05) is 0 Å². The van der Waals surface area contributed by atoms with Crippen LogP contribution in [0.4, 0.5) is 5.69 Å². The predicted molar refractivity (Wildman–Crippen MR) is 111 cm³/mol.